The molecule has 2 saturated carbocycles. The first kappa shape index (κ1) is 6.66. The molecule has 0 amide bonds. The molecule has 3 atom stereocenters. The number of aliphatic hydroxyl groups excluding tert-OH is 1. The van der Waals surface area contributed by atoms with E-state index >= 15 is 0 Å². The number of hydrogen-bond donors (Lipinski definition) is 1. The zero-order valence-corrected chi connectivity index (χ0v) is 6.42. The summed E-state index contributed by atoms with van der Waals surface area (Å²) in [6.45, 7) is 0. The predicted octanol–water partition coefficient (Wildman–Crippen LogP) is 1.95. The Morgan fingerprint density at radius 1 is 0.900 bits per heavy atom. The molecule has 0 aromatic carbocycles. The number of rotatable bonds is 0. The van der Waals surface area contributed by atoms with E-state index in [1.807, 2.05) is 0 Å². The maximum atomic E-state index is 9.36. The van der Waals surface area contributed by atoms with Crippen LogP contribution in [0.2, 0.25) is 0 Å². The third kappa shape index (κ3) is 1.07. The maximum absolute atomic E-state index is 9.36. The zero-order chi connectivity index (χ0) is 6.97. The van der Waals surface area contributed by atoms with Gasteiger partial charge < -0.3 is 5.11 Å². The van der Waals surface area contributed by atoms with Crippen molar-refractivity contribution in [2.45, 2.75) is 44.6 Å². The highest BCUT2D eigenvalue weighted by atomic mass is 16.3. The van der Waals surface area contributed by atoms with Crippen LogP contribution in [0, 0.1) is 11.8 Å². The molecular weight excluding hydrogens is 124 g/mol. The number of fused-ring (bicyclic) bond motifs is 1. The van der Waals surface area contributed by atoms with Crippen LogP contribution >= 0.6 is 0 Å². The van der Waals surface area contributed by atoms with Gasteiger partial charge in [0.1, 0.15) is 0 Å². The molecule has 0 bridgehead atoms. The number of hydrogen-bond acceptors (Lipinski definition) is 1. The first-order valence-corrected chi connectivity index (χ1v) is 4.54. The minimum Gasteiger partial charge on any atom is -0.393 e. The largest absolute Gasteiger partial charge is 0.393 e. The van der Waals surface area contributed by atoms with E-state index in [1.165, 1.54) is 25.7 Å². The second kappa shape index (κ2) is 2.54. The molecule has 58 valence electrons. The van der Waals surface area contributed by atoms with Gasteiger partial charge in [-0.3, -0.25) is 0 Å². The summed E-state index contributed by atoms with van der Waals surface area (Å²) in [4.78, 5) is 0. The van der Waals surface area contributed by atoms with Crippen LogP contribution in [0.5, 0.6) is 0 Å². The van der Waals surface area contributed by atoms with Gasteiger partial charge in [0, 0.05) is 0 Å². The van der Waals surface area contributed by atoms with Crippen LogP contribution in [0.15, 0.2) is 0 Å². The molecule has 1 heteroatoms. The van der Waals surface area contributed by atoms with Gasteiger partial charge in [0.05, 0.1) is 6.10 Å². The maximum Gasteiger partial charge on any atom is 0.0543 e. The van der Waals surface area contributed by atoms with Gasteiger partial charge in [-0.15, -0.1) is 0 Å². The van der Waals surface area contributed by atoms with Crippen molar-refractivity contribution in [3.05, 3.63) is 0 Å². The lowest BCUT2D eigenvalue weighted by Gasteiger charge is -2.28. The van der Waals surface area contributed by atoms with Crippen molar-refractivity contribution in [1.82, 2.24) is 0 Å². The summed E-state index contributed by atoms with van der Waals surface area (Å²) in [7, 11) is 0. The SMILES string of the molecule is O[C@H]1CC[C@H]2CCC[C@@H]2C1. The van der Waals surface area contributed by atoms with Crippen LogP contribution in [-0.4, -0.2) is 11.2 Å². The van der Waals surface area contributed by atoms with Gasteiger partial charge in [0.2, 0.25) is 0 Å². The molecule has 0 radical (unpaired) electrons. The molecule has 0 spiro atoms. The fourth-order valence-electron chi connectivity index (χ4n) is 2.68. The highest BCUT2D eigenvalue weighted by Gasteiger charge is 2.32. The van der Waals surface area contributed by atoms with Crippen molar-refractivity contribution in [1.29, 1.82) is 0 Å². The molecule has 1 nitrogen and oxygen atoms in total. The average Bonchev–Trinajstić information content (AvgIpc) is 2.33. The molecule has 0 saturated heterocycles. The van der Waals surface area contributed by atoms with Crippen molar-refractivity contribution in [3.63, 3.8) is 0 Å². The smallest absolute Gasteiger partial charge is 0.0543 e. The quantitative estimate of drug-likeness (QED) is 0.545. The van der Waals surface area contributed by atoms with Crippen molar-refractivity contribution in [3.8, 4) is 0 Å². The average molecular weight is 140 g/mol. The molecule has 0 aliphatic heterocycles. The van der Waals surface area contributed by atoms with Gasteiger partial charge in [0.25, 0.3) is 0 Å². The van der Waals surface area contributed by atoms with E-state index in [9.17, 15) is 5.11 Å². The summed E-state index contributed by atoms with van der Waals surface area (Å²) in [5.74, 6) is 1.88. The van der Waals surface area contributed by atoms with Crippen LogP contribution in [-0.2, 0) is 0 Å². The van der Waals surface area contributed by atoms with Gasteiger partial charge >= 0.3 is 0 Å². The second-order valence-corrected chi connectivity index (χ2v) is 3.92. The topological polar surface area (TPSA) is 20.2 Å². The fraction of sp³-hybridized carbons (Fsp3) is 1.00. The van der Waals surface area contributed by atoms with Crippen molar-refractivity contribution >= 4 is 0 Å². The zero-order valence-electron chi connectivity index (χ0n) is 6.42. The van der Waals surface area contributed by atoms with Gasteiger partial charge in [0.15, 0.2) is 0 Å². The van der Waals surface area contributed by atoms with Gasteiger partial charge in [-0.2, -0.15) is 0 Å². The monoisotopic (exact) mass is 140 g/mol. The molecule has 0 aromatic rings. The summed E-state index contributed by atoms with van der Waals surface area (Å²) in [5.41, 5.74) is 0. The normalized spacial score (nSPS) is 47.1. The van der Waals surface area contributed by atoms with Crippen molar-refractivity contribution in [2.75, 3.05) is 0 Å². The molecule has 2 fully saturated rings. The van der Waals surface area contributed by atoms with Crippen LogP contribution in [0.25, 0.3) is 0 Å². The Morgan fingerprint density at radius 2 is 1.70 bits per heavy atom. The van der Waals surface area contributed by atoms with Crippen molar-refractivity contribution in [2.24, 2.45) is 11.8 Å². The third-order valence-electron chi connectivity index (χ3n) is 3.26. The molecule has 1 N–H and O–H groups in total. The van der Waals surface area contributed by atoms with Gasteiger partial charge in [-0.1, -0.05) is 19.3 Å². The summed E-state index contributed by atoms with van der Waals surface area (Å²) in [5, 5.41) is 9.36. The Labute approximate surface area is 62.4 Å². The van der Waals surface area contributed by atoms with Crippen LogP contribution < -0.4 is 0 Å². The summed E-state index contributed by atoms with van der Waals surface area (Å²) in [6.07, 6.45) is 7.76. The standard InChI is InChI=1S/C9H16O/c10-9-5-4-7-2-1-3-8(7)6-9/h7-10H,1-6H2/t7-,8-,9+/m1/s1. The molecule has 0 unspecified atom stereocenters. The molecule has 0 aromatic heterocycles. The lowest BCUT2D eigenvalue weighted by Crippen LogP contribution is -2.23. The molecule has 0 heterocycles. The first-order chi connectivity index (χ1) is 4.86. The van der Waals surface area contributed by atoms with E-state index in [0.29, 0.717) is 0 Å². The summed E-state index contributed by atoms with van der Waals surface area (Å²) < 4.78 is 0. The van der Waals surface area contributed by atoms with E-state index in [-0.39, 0.29) is 6.10 Å². The van der Waals surface area contributed by atoms with Crippen LogP contribution in [0.3, 0.4) is 0 Å². The summed E-state index contributed by atoms with van der Waals surface area (Å²) >= 11 is 0. The molecular formula is C9H16O. The highest BCUT2D eigenvalue weighted by Crippen LogP contribution is 2.41. The highest BCUT2D eigenvalue weighted by molar-refractivity contribution is 4.84. The van der Waals surface area contributed by atoms with E-state index in [0.717, 1.165) is 24.7 Å². The number of aliphatic hydroxyl groups is 1. The van der Waals surface area contributed by atoms with Crippen LogP contribution in [0.4, 0.5) is 0 Å². The van der Waals surface area contributed by atoms with Gasteiger partial charge in [-0.05, 0) is 31.1 Å². The van der Waals surface area contributed by atoms with E-state index in [1.54, 1.807) is 0 Å². The van der Waals surface area contributed by atoms with E-state index in [4.69, 9.17) is 0 Å². The Balaban J connectivity index is 1.96. The van der Waals surface area contributed by atoms with Crippen molar-refractivity contribution < 1.29 is 5.11 Å². The Morgan fingerprint density at radius 3 is 2.60 bits per heavy atom. The second-order valence-electron chi connectivity index (χ2n) is 3.92. The van der Waals surface area contributed by atoms with E-state index < -0.39 is 0 Å². The Kier molecular flexibility index (Phi) is 1.69. The molecule has 2 rings (SSSR count). The summed E-state index contributed by atoms with van der Waals surface area (Å²) in [6, 6.07) is 0. The predicted molar refractivity (Wildman–Crippen MR) is 40.7 cm³/mol. The first-order valence-electron chi connectivity index (χ1n) is 4.54. The fourth-order valence-corrected chi connectivity index (χ4v) is 2.68. The lowest BCUT2D eigenvalue weighted by atomic mass is 9.80. The van der Waals surface area contributed by atoms with E-state index in [2.05, 4.69) is 0 Å². The minimum atomic E-state index is 0.0411. The molecule has 2 aliphatic rings. The minimum absolute atomic E-state index is 0.0411. The third-order valence-corrected chi connectivity index (χ3v) is 3.26. The Bertz CT molecular complexity index is 122. The lowest BCUT2D eigenvalue weighted by molar-refractivity contribution is 0.0806. The molecule has 10 heavy (non-hydrogen) atoms. The van der Waals surface area contributed by atoms with Crippen LogP contribution in [0.1, 0.15) is 38.5 Å². The Hall–Kier alpha value is -0.0400. The van der Waals surface area contributed by atoms with Gasteiger partial charge in [-0.25, -0.2) is 0 Å². The molecule has 2 aliphatic carbocycles.